The fourth-order valence-corrected chi connectivity index (χ4v) is 3.39. The Labute approximate surface area is 151 Å². The fourth-order valence-electron chi connectivity index (χ4n) is 2.36. The summed E-state index contributed by atoms with van der Waals surface area (Å²) in [5, 5.41) is 18.5. The second kappa shape index (κ2) is 8.88. The number of aliphatic hydroxyl groups is 1. The van der Waals surface area contributed by atoms with Gasteiger partial charge in [-0.3, -0.25) is 4.79 Å². The highest BCUT2D eigenvalue weighted by molar-refractivity contribution is 7.89. The summed E-state index contributed by atoms with van der Waals surface area (Å²) in [5.41, 5.74) is 1.47. The van der Waals surface area contributed by atoms with Crippen LogP contribution in [0.2, 0.25) is 0 Å². The number of carboxylic acids is 1. The predicted molar refractivity (Wildman–Crippen MR) is 93.6 cm³/mol. The van der Waals surface area contributed by atoms with Crippen LogP contribution in [0.1, 0.15) is 30.1 Å². The minimum atomic E-state index is -3.70. The molecule has 0 saturated carbocycles. The van der Waals surface area contributed by atoms with Gasteiger partial charge in [-0.15, -0.1) is 0 Å². The van der Waals surface area contributed by atoms with Crippen LogP contribution in [0, 0.1) is 5.82 Å². The number of sulfonamides is 1. The van der Waals surface area contributed by atoms with E-state index in [0.717, 1.165) is 17.7 Å². The highest BCUT2D eigenvalue weighted by atomic mass is 32.2. The van der Waals surface area contributed by atoms with Gasteiger partial charge in [-0.05, 0) is 48.2 Å². The van der Waals surface area contributed by atoms with Crippen LogP contribution in [0.15, 0.2) is 53.4 Å². The second-order valence-corrected chi connectivity index (χ2v) is 7.56. The van der Waals surface area contributed by atoms with Crippen molar-refractivity contribution < 1.29 is 27.8 Å². The smallest absolute Gasteiger partial charge is 0.303 e. The third-order valence-corrected chi connectivity index (χ3v) is 5.30. The first-order valence-corrected chi connectivity index (χ1v) is 9.50. The van der Waals surface area contributed by atoms with Crippen LogP contribution in [0.5, 0.6) is 0 Å². The minimum Gasteiger partial charge on any atom is -0.481 e. The Morgan fingerprint density at radius 3 is 2.27 bits per heavy atom. The van der Waals surface area contributed by atoms with E-state index in [0.29, 0.717) is 12.0 Å². The maximum atomic E-state index is 12.9. The zero-order valence-corrected chi connectivity index (χ0v) is 14.7. The fraction of sp³-hybridized carbons (Fsp3) is 0.278. The number of carbonyl (C=O) groups is 1. The summed E-state index contributed by atoms with van der Waals surface area (Å²) in [6, 6.07) is 11.5. The molecule has 0 spiro atoms. The van der Waals surface area contributed by atoms with Gasteiger partial charge in [0, 0.05) is 13.0 Å². The lowest BCUT2D eigenvalue weighted by Crippen LogP contribution is -2.26. The molecule has 1 unspecified atom stereocenters. The Morgan fingerprint density at radius 2 is 1.69 bits per heavy atom. The van der Waals surface area contributed by atoms with Crippen molar-refractivity contribution in [2.45, 2.75) is 30.3 Å². The van der Waals surface area contributed by atoms with Gasteiger partial charge in [-0.25, -0.2) is 17.5 Å². The van der Waals surface area contributed by atoms with Gasteiger partial charge in [0.25, 0.3) is 0 Å². The van der Waals surface area contributed by atoms with E-state index in [9.17, 15) is 22.7 Å². The maximum Gasteiger partial charge on any atom is 0.303 e. The predicted octanol–water partition coefficient (Wildman–Crippen LogP) is 2.24. The number of aliphatic hydroxyl groups excluding tert-OH is 1. The van der Waals surface area contributed by atoms with Gasteiger partial charge < -0.3 is 10.2 Å². The zero-order chi connectivity index (χ0) is 19.2. The number of aliphatic carboxylic acids is 1. The van der Waals surface area contributed by atoms with Gasteiger partial charge in [-0.1, -0.05) is 24.3 Å². The van der Waals surface area contributed by atoms with Crippen LogP contribution in [-0.4, -0.2) is 31.1 Å². The third kappa shape index (κ3) is 5.91. The van der Waals surface area contributed by atoms with E-state index in [-0.39, 0.29) is 24.3 Å². The molecular formula is C18H20FNO5S. The van der Waals surface area contributed by atoms with Gasteiger partial charge >= 0.3 is 5.97 Å². The van der Waals surface area contributed by atoms with Crippen LogP contribution >= 0.6 is 0 Å². The first kappa shape index (κ1) is 20.0. The van der Waals surface area contributed by atoms with Crippen molar-refractivity contribution >= 4 is 16.0 Å². The molecule has 0 aliphatic rings. The minimum absolute atomic E-state index is 0.00389. The molecule has 0 radical (unpaired) electrons. The van der Waals surface area contributed by atoms with Gasteiger partial charge in [0.05, 0.1) is 11.0 Å². The molecule has 2 aromatic carbocycles. The molecule has 3 N–H and O–H groups in total. The number of nitrogens with one attached hydrogen (secondary N) is 1. The highest BCUT2D eigenvalue weighted by Crippen LogP contribution is 2.19. The topological polar surface area (TPSA) is 104 Å². The molecule has 0 aliphatic carbocycles. The second-order valence-electron chi connectivity index (χ2n) is 5.79. The molecule has 0 aliphatic heterocycles. The molecule has 0 aromatic heterocycles. The molecule has 6 nitrogen and oxygen atoms in total. The zero-order valence-electron chi connectivity index (χ0n) is 13.9. The number of carboxylic acid groups (broad SMARTS) is 1. The van der Waals surface area contributed by atoms with Crippen molar-refractivity contribution in [1.82, 2.24) is 4.72 Å². The molecule has 2 rings (SSSR count). The summed E-state index contributed by atoms with van der Waals surface area (Å²) in [6.45, 7) is 0.167. The molecule has 26 heavy (non-hydrogen) atoms. The number of halogens is 1. The van der Waals surface area contributed by atoms with Crippen molar-refractivity contribution in [3.63, 3.8) is 0 Å². The standard InChI is InChI=1S/C18H20FNO5S/c19-15-5-7-16(8-6-15)26(24,25)20-12-11-13-1-3-14(4-2-13)17(21)9-10-18(22)23/h1-8,17,20-21H,9-12H2,(H,22,23). The van der Waals surface area contributed by atoms with E-state index < -0.39 is 27.9 Å². The average Bonchev–Trinajstić information content (AvgIpc) is 2.60. The van der Waals surface area contributed by atoms with Crippen molar-refractivity contribution in [3.8, 4) is 0 Å². The molecule has 1 atom stereocenters. The first-order valence-electron chi connectivity index (χ1n) is 8.02. The van der Waals surface area contributed by atoms with E-state index >= 15 is 0 Å². The summed E-state index contributed by atoms with van der Waals surface area (Å²) in [7, 11) is -3.70. The van der Waals surface area contributed by atoms with Crippen LogP contribution in [0.3, 0.4) is 0 Å². The summed E-state index contributed by atoms with van der Waals surface area (Å²) in [4.78, 5) is 10.5. The van der Waals surface area contributed by atoms with Gasteiger partial charge in [0.15, 0.2) is 0 Å². The Bertz CT molecular complexity index is 835. The quantitative estimate of drug-likeness (QED) is 0.618. The highest BCUT2D eigenvalue weighted by Gasteiger charge is 2.13. The van der Waals surface area contributed by atoms with Crippen molar-refractivity contribution in [2.24, 2.45) is 0 Å². The number of benzene rings is 2. The van der Waals surface area contributed by atoms with E-state index in [1.54, 1.807) is 24.3 Å². The molecule has 0 saturated heterocycles. The van der Waals surface area contributed by atoms with Gasteiger partial charge in [-0.2, -0.15) is 0 Å². The van der Waals surface area contributed by atoms with Crippen molar-refractivity contribution in [2.75, 3.05) is 6.54 Å². The summed E-state index contributed by atoms with van der Waals surface area (Å²) in [5.74, 6) is -1.47. The van der Waals surface area contributed by atoms with E-state index in [2.05, 4.69) is 4.72 Å². The van der Waals surface area contributed by atoms with Crippen LogP contribution in [0.4, 0.5) is 4.39 Å². The molecule has 0 bridgehead atoms. The van der Waals surface area contributed by atoms with E-state index in [1.807, 2.05) is 0 Å². The SMILES string of the molecule is O=C(O)CCC(O)c1ccc(CCNS(=O)(=O)c2ccc(F)cc2)cc1. The lowest BCUT2D eigenvalue weighted by molar-refractivity contribution is -0.137. The van der Waals surface area contributed by atoms with E-state index in [1.165, 1.54) is 12.1 Å². The van der Waals surface area contributed by atoms with Crippen molar-refractivity contribution in [1.29, 1.82) is 0 Å². The monoisotopic (exact) mass is 381 g/mol. The lowest BCUT2D eigenvalue weighted by Gasteiger charge is -2.11. The Hall–Kier alpha value is -2.29. The largest absolute Gasteiger partial charge is 0.481 e. The van der Waals surface area contributed by atoms with Gasteiger partial charge in [0.2, 0.25) is 10.0 Å². The molecular weight excluding hydrogens is 361 g/mol. The summed E-state index contributed by atoms with van der Waals surface area (Å²) < 4.78 is 39.5. The molecule has 0 heterocycles. The molecule has 8 heteroatoms. The molecule has 2 aromatic rings. The average molecular weight is 381 g/mol. The summed E-state index contributed by atoms with van der Waals surface area (Å²) >= 11 is 0. The Morgan fingerprint density at radius 1 is 1.08 bits per heavy atom. The Balaban J connectivity index is 1.87. The number of rotatable bonds is 9. The van der Waals surface area contributed by atoms with Crippen LogP contribution in [-0.2, 0) is 21.2 Å². The molecule has 0 amide bonds. The number of hydrogen-bond acceptors (Lipinski definition) is 4. The maximum absolute atomic E-state index is 12.9. The number of hydrogen-bond donors (Lipinski definition) is 3. The normalized spacial score (nSPS) is 12.7. The lowest BCUT2D eigenvalue weighted by atomic mass is 10.0. The summed E-state index contributed by atoms with van der Waals surface area (Å²) in [6.07, 6.45) is -0.399. The Kier molecular flexibility index (Phi) is 6.84. The molecule has 0 fully saturated rings. The third-order valence-electron chi connectivity index (χ3n) is 3.83. The van der Waals surface area contributed by atoms with E-state index in [4.69, 9.17) is 5.11 Å². The van der Waals surface area contributed by atoms with Crippen LogP contribution < -0.4 is 4.72 Å². The van der Waals surface area contributed by atoms with Gasteiger partial charge in [0.1, 0.15) is 5.82 Å². The van der Waals surface area contributed by atoms with Crippen LogP contribution in [0.25, 0.3) is 0 Å². The molecule has 140 valence electrons. The van der Waals surface area contributed by atoms with Crippen molar-refractivity contribution in [3.05, 3.63) is 65.5 Å². The first-order chi connectivity index (χ1) is 12.3.